The van der Waals surface area contributed by atoms with Gasteiger partial charge in [-0.3, -0.25) is 4.68 Å². The molecule has 0 aliphatic rings. The lowest BCUT2D eigenvalue weighted by Gasteiger charge is -1.94. The van der Waals surface area contributed by atoms with Gasteiger partial charge in [-0.05, 0) is 6.92 Å². The normalized spacial score (nSPS) is 10.8. The molecule has 0 radical (unpaired) electrons. The minimum atomic E-state index is -2.85. The molecule has 0 unspecified atom stereocenters. The molecule has 1 heterocycles. The van der Waals surface area contributed by atoms with Crippen molar-refractivity contribution >= 4 is 5.97 Å². The van der Waals surface area contributed by atoms with Crippen LogP contribution in [0, 0.1) is 0 Å². The molecule has 0 aliphatic heterocycles. The standard InChI is InChI=1S/C7H8F2N2O2/c1-2-11-3-4(7(12)13)5(10-11)6(8)9/h3,6H,2H2,1H3,(H,12,13). The summed E-state index contributed by atoms with van der Waals surface area (Å²) in [5.41, 5.74) is -1.11. The summed E-state index contributed by atoms with van der Waals surface area (Å²) in [5, 5.41) is 12.0. The van der Waals surface area contributed by atoms with Gasteiger partial charge in [0.1, 0.15) is 11.3 Å². The molecule has 0 aromatic carbocycles. The van der Waals surface area contributed by atoms with Gasteiger partial charge in [0.05, 0.1) is 0 Å². The number of carboxylic acids is 1. The number of aryl methyl sites for hydroxylation is 1. The summed E-state index contributed by atoms with van der Waals surface area (Å²) in [6.45, 7) is 2.06. The second-order valence-electron chi connectivity index (χ2n) is 2.39. The van der Waals surface area contributed by atoms with E-state index in [4.69, 9.17) is 5.11 Å². The number of hydrogen-bond donors (Lipinski definition) is 1. The van der Waals surface area contributed by atoms with Crippen molar-refractivity contribution in [3.05, 3.63) is 17.5 Å². The Hall–Kier alpha value is -1.46. The van der Waals surface area contributed by atoms with Gasteiger partial charge in [-0.1, -0.05) is 0 Å². The first-order valence-electron chi connectivity index (χ1n) is 3.65. The van der Waals surface area contributed by atoms with Crippen LogP contribution in [-0.4, -0.2) is 20.9 Å². The van der Waals surface area contributed by atoms with Gasteiger partial charge in [0.2, 0.25) is 0 Å². The van der Waals surface area contributed by atoms with Crippen LogP contribution in [0.1, 0.15) is 29.4 Å². The first kappa shape index (κ1) is 9.63. The monoisotopic (exact) mass is 190 g/mol. The minimum absolute atomic E-state index is 0.368. The molecule has 0 amide bonds. The van der Waals surface area contributed by atoms with Gasteiger partial charge in [0, 0.05) is 12.7 Å². The third kappa shape index (κ3) is 1.82. The highest BCUT2D eigenvalue weighted by molar-refractivity contribution is 5.88. The molecule has 0 saturated heterocycles. The lowest BCUT2D eigenvalue weighted by molar-refractivity contribution is 0.0684. The van der Waals surface area contributed by atoms with E-state index in [0.29, 0.717) is 6.54 Å². The fraction of sp³-hybridized carbons (Fsp3) is 0.429. The van der Waals surface area contributed by atoms with Crippen molar-refractivity contribution < 1.29 is 18.7 Å². The summed E-state index contributed by atoms with van der Waals surface area (Å²) in [4.78, 5) is 10.5. The second-order valence-corrected chi connectivity index (χ2v) is 2.39. The molecule has 1 aromatic heterocycles. The highest BCUT2D eigenvalue weighted by atomic mass is 19.3. The summed E-state index contributed by atoms with van der Waals surface area (Å²) in [6.07, 6.45) is -1.75. The van der Waals surface area contributed by atoms with E-state index in [2.05, 4.69) is 5.10 Å². The van der Waals surface area contributed by atoms with Crippen molar-refractivity contribution in [1.82, 2.24) is 9.78 Å². The van der Waals surface area contributed by atoms with E-state index < -0.39 is 23.7 Å². The Labute approximate surface area is 72.8 Å². The molecule has 0 spiro atoms. The third-order valence-electron chi connectivity index (χ3n) is 1.55. The maximum atomic E-state index is 12.2. The largest absolute Gasteiger partial charge is 0.478 e. The highest BCUT2D eigenvalue weighted by Gasteiger charge is 2.22. The van der Waals surface area contributed by atoms with Gasteiger partial charge in [-0.15, -0.1) is 0 Å². The molecule has 13 heavy (non-hydrogen) atoms. The summed E-state index contributed by atoms with van der Waals surface area (Å²) in [6, 6.07) is 0. The van der Waals surface area contributed by atoms with Crippen LogP contribution in [0.2, 0.25) is 0 Å². The number of nitrogens with zero attached hydrogens (tertiary/aromatic N) is 2. The molecule has 0 bridgehead atoms. The third-order valence-corrected chi connectivity index (χ3v) is 1.55. The van der Waals surface area contributed by atoms with E-state index in [0.717, 1.165) is 6.20 Å². The van der Waals surface area contributed by atoms with E-state index in [1.807, 2.05) is 0 Å². The van der Waals surface area contributed by atoms with Gasteiger partial charge in [-0.25, -0.2) is 13.6 Å². The van der Waals surface area contributed by atoms with Crippen LogP contribution in [0.3, 0.4) is 0 Å². The van der Waals surface area contributed by atoms with Gasteiger partial charge >= 0.3 is 5.97 Å². The first-order chi connectivity index (χ1) is 6.06. The van der Waals surface area contributed by atoms with E-state index in [1.165, 1.54) is 4.68 Å². The molecule has 0 saturated carbocycles. The molecular formula is C7H8F2N2O2. The number of carbonyl (C=O) groups is 1. The predicted molar refractivity (Wildman–Crippen MR) is 39.8 cm³/mol. The number of carboxylic acid groups (broad SMARTS) is 1. The number of hydrogen-bond acceptors (Lipinski definition) is 2. The summed E-state index contributed by atoms with van der Waals surface area (Å²) >= 11 is 0. The minimum Gasteiger partial charge on any atom is -0.478 e. The van der Waals surface area contributed by atoms with Crippen molar-refractivity contribution in [1.29, 1.82) is 0 Å². The molecule has 0 aliphatic carbocycles. The van der Waals surface area contributed by atoms with Crippen molar-refractivity contribution in [3.63, 3.8) is 0 Å². The fourth-order valence-electron chi connectivity index (χ4n) is 0.924. The Morgan fingerprint density at radius 3 is 2.69 bits per heavy atom. The molecule has 0 atom stereocenters. The number of alkyl halides is 2. The smallest absolute Gasteiger partial charge is 0.339 e. The number of rotatable bonds is 3. The second kappa shape index (κ2) is 3.51. The zero-order valence-corrected chi connectivity index (χ0v) is 6.87. The Balaban J connectivity index is 3.15. The fourth-order valence-corrected chi connectivity index (χ4v) is 0.924. The summed E-state index contributed by atoms with van der Waals surface area (Å²) < 4.78 is 25.6. The molecule has 1 rings (SSSR count). The summed E-state index contributed by atoms with van der Waals surface area (Å²) in [5.74, 6) is -1.38. The van der Waals surface area contributed by atoms with E-state index in [1.54, 1.807) is 6.92 Å². The molecule has 72 valence electrons. The van der Waals surface area contributed by atoms with Crippen LogP contribution in [0.25, 0.3) is 0 Å². The average molecular weight is 190 g/mol. The molecule has 0 fully saturated rings. The van der Waals surface area contributed by atoms with Crippen LogP contribution in [0.15, 0.2) is 6.20 Å². The van der Waals surface area contributed by atoms with E-state index >= 15 is 0 Å². The predicted octanol–water partition coefficient (Wildman–Crippen LogP) is 1.54. The van der Waals surface area contributed by atoms with Gasteiger partial charge in [0.25, 0.3) is 6.43 Å². The zero-order chi connectivity index (χ0) is 10.0. The lowest BCUT2D eigenvalue weighted by Crippen LogP contribution is -1.99. The maximum Gasteiger partial charge on any atom is 0.339 e. The summed E-state index contributed by atoms with van der Waals surface area (Å²) in [7, 11) is 0. The van der Waals surface area contributed by atoms with Crippen molar-refractivity contribution in [3.8, 4) is 0 Å². The number of halogens is 2. The van der Waals surface area contributed by atoms with Crippen LogP contribution in [0.4, 0.5) is 8.78 Å². The van der Waals surface area contributed by atoms with Crippen LogP contribution in [-0.2, 0) is 6.54 Å². The Morgan fingerprint density at radius 1 is 1.77 bits per heavy atom. The zero-order valence-electron chi connectivity index (χ0n) is 6.87. The quantitative estimate of drug-likeness (QED) is 0.786. The molecule has 6 heteroatoms. The molecular weight excluding hydrogens is 182 g/mol. The van der Waals surface area contributed by atoms with Crippen molar-refractivity contribution in [2.75, 3.05) is 0 Å². The van der Waals surface area contributed by atoms with Crippen LogP contribution < -0.4 is 0 Å². The highest BCUT2D eigenvalue weighted by Crippen LogP contribution is 2.20. The Bertz CT molecular complexity index is 322. The number of aromatic carboxylic acids is 1. The topological polar surface area (TPSA) is 55.1 Å². The van der Waals surface area contributed by atoms with Crippen molar-refractivity contribution in [2.45, 2.75) is 19.9 Å². The van der Waals surface area contributed by atoms with Gasteiger partial charge in [0.15, 0.2) is 0 Å². The van der Waals surface area contributed by atoms with Crippen LogP contribution >= 0.6 is 0 Å². The lowest BCUT2D eigenvalue weighted by atomic mass is 10.2. The molecule has 1 aromatic rings. The maximum absolute atomic E-state index is 12.2. The molecule has 1 N–H and O–H groups in total. The Kier molecular flexibility index (Phi) is 2.60. The average Bonchev–Trinajstić information content (AvgIpc) is 2.47. The molecule has 4 nitrogen and oxygen atoms in total. The Morgan fingerprint density at radius 2 is 2.38 bits per heavy atom. The van der Waals surface area contributed by atoms with E-state index in [9.17, 15) is 13.6 Å². The van der Waals surface area contributed by atoms with E-state index in [-0.39, 0.29) is 0 Å². The first-order valence-corrected chi connectivity index (χ1v) is 3.65. The van der Waals surface area contributed by atoms with Gasteiger partial charge in [-0.2, -0.15) is 5.10 Å². The van der Waals surface area contributed by atoms with Crippen LogP contribution in [0.5, 0.6) is 0 Å². The van der Waals surface area contributed by atoms with Crippen molar-refractivity contribution in [2.24, 2.45) is 0 Å². The number of aromatic nitrogens is 2. The van der Waals surface area contributed by atoms with Gasteiger partial charge < -0.3 is 5.11 Å². The SMILES string of the molecule is CCn1cc(C(=O)O)c(C(F)F)n1.